The van der Waals surface area contributed by atoms with Crippen LogP contribution in [0, 0.1) is 0 Å². The Morgan fingerprint density at radius 3 is 2.56 bits per heavy atom. The number of carbonyl (C=O) groups is 1. The lowest BCUT2D eigenvalue weighted by atomic mass is 10.0. The first kappa shape index (κ1) is 13.3. The van der Waals surface area contributed by atoms with Crippen molar-refractivity contribution in [3.63, 3.8) is 0 Å². The van der Waals surface area contributed by atoms with Crippen LogP contribution in [-0.2, 0) is 19.2 Å². The molecule has 1 aliphatic heterocycles. The molecule has 1 aliphatic rings. The molecule has 1 rings (SSSR count). The molecule has 16 heavy (non-hydrogen) atoms. The average molecular weight is 232 g/mol. The Balaban J connectivity index is 2.32. The van der Waals surface area contributed by atoms with Gasteiger partial charge in [0.05, 0.1) is 0 Å². The minimum absolute atomic E-state index is 0.234. The van der Waals surface area contributed by atoms with Gasteiger partial charge in [-0.15, -0.1) is 0 Å². The third kappa shape index (κ3) is 3.98. The zero-order chi connectivity index (χ0) is 12.2. The van der Waals surface area contributed by atoms with Gasteiger partial charge in [-0.25, -0.2) is 9.68 Å². The third-order valence-electron chi connectivity index (χ3n) is 2.35. The smallest absolute Gasteiger partial charge is 0.428 e. The Morgan fingerprint density at radius 1 is 1.50 bits per heavy atom. The summed E-state index contributed by atoms with van der Waals surface area (Å²) in [5.41, 5.74) is -0.506. The molecule has 0 aromatic rings. The van der Waals surface area contributed by atoms with Crippen molar-refractivity contribution in [2.75, 3.05) is 6.61 Å². The molecule has 0 saturated carbocycles. The zero-order valence-electron chi connectivity index (χ0n) is 10.4. The maximum absolute atomic E-state index is 11.5. The van der Waals surface area contributed by atoms with Crippen LogP contribution in [0.3, 0.4) is 0 Å². The number of rotatable bonds is 5. The number of hydrogen-bond acceptors (Lipinski definition) is 5. The van der Waals surface area contributed by atoms with Crippen LogP contribution < -0.4 is 0 Å². The second-order valence-electron chi connectivity index (χ2n) is 4.80. The van der Waals surface area contributed by atoms with Crippen LogP contribution in [0.4, 0.5) is 4.79 Å². The number of unbranched alkanes of at least 4 members (excludes halogenated alkanes) is 1. The van der Waals surface area contributed by atoms with Crippen LogP contribution in [0.15, 0.2) is 0 Å². The quantitative estimate of drug-likeness (QED) is 0.539. The van der Waals surface area contributed by atoms with Crippen molar-refractivity contribution in [1.82, 2.24) is 0 Å². The molecule has 0 bridgehead atoms. The molecular weight excluding hydrogens is 212 g/mol. The van der Waals surface area contributed by atoms with Crippen molar-refractivity contribution in [3.05, 3.63) is 0 Å². The van der Waals surface area contributed by atoms with Gasteiger partial charge >= 0.3 is 6.16 Å². The van der Waals surface area contributed by atoms with E-state index in [0.717, 1.165) is 19.3 Å². The monoisotopic (exact) mass is 232 g/mol. The highest BCUT2D eigenvalue weighted by molar-refractivity contribution is 5.61. The number of ether oxygens (including phenoxy) is 2. The molecule has 0 radical (unpaired) electrons. The topological polar surface area (TPSA) is 54.0 Å². The Labute approximate surface area is 95.9 Å². The highest BCUT2D eigenvalue weighted by Gasteiger charge is 2.42. The minimum atomic E-state index is -0.988. The molecule has 5 nitrogen and oxygen atoms in total. The molecule has 0 amide bonds. The predicted octanol–water partition coefficient (Wildman–Crippen LogP) is 2.79. The first-order valence-electron chi connectivity index (χ1n) is 5.59. The fourth-order valence-corrected chi connectivity index (χ4v) is 1.35. The Kier molecular flexibility index (Phi) is 4.15. The summed E-state index contributed by atoms with van der Waals surface area (Å²) in [6, 6.07) is 0. The maximum atomic E-state index is 11.5. The van der Waals surface area contributed by atoms with Crippen LogP contribution in [-0.4, -0.2) is 24.2 Å². The van der Waals surface area contributed by atoms with E-state index in [1.807, 2.05) is 13.8 Å². The van der Waals surface area contributed by atoms with Crippen molar-refractivity contribution < 1.29 is 24.0 Å². The maximum Gasteiger partial charge on any atom is 0.511 e. The second-order valence-corrected chi connectivity index (χ2v) is 4.80. The highest BCUT2D eigenvalue weighted by atomic mass is 17.3. The van der Waals surface area contributed by atoms with Crippen molar-refractivity contribution >= 4 is 6.16 Å². The number of carbonyl (C=O) groups excluding carboxylic acids is 1. The predicted molar refractivity (Wildman–Crippen MR) is 56.6 cm³/mol. The van der Waals surface area contributed by atoms with E-state index in [0.29, 0.717) is 0 Å². The normalized spacial score (nSPS) is 24.8. The summed E-state index contributed by atoms with van der Waals surface area (Å²) < 4.78 is 10.2. The minimum Gasteiger partial charge on any atom is -0.428 e. The molecule has 1 fully saturated rings. The van der Waals surface area contributed by atoms with Crippen LogP contribution in [0.1, 0.15) is 47.0 Å². The first-order chi connectivity index (χ1) is 7.37. The lowest BCUT2D eigenvalue weighted by Crippen LogP contribution is -2.49. The van der Waals surface area contributed by atoms with Gasteiger partial charge in [0, 0.05) is 6.92 Å². The van der Waals surface area contributed by atoms with Gasteiger partial charge in [0.1, 0.15) is 5.60 Å². The third-order valence-corrected chi connectivity index (χ3v) is 2.35. The van der Waals surface area contributed by atoms with Crippen LogP contribution >= 0.6 is 0 Å². The van der Waals surface area contributed by atoms with Gasteiger partial charge in [0.2, 0.25) is 0 Å². The van der Waals surface area contributed by atoms with E-state index in [9.17, 15) is 4.79 Å². The summed E-state index contributed by atoms with van der Waals surface area (Å²) in [5, 5.41) is 0. The van der Waals surface area contributed by atoms with Crippen molar-refractivity contribution in [2.24, 2.45) is 0 Å². The largest absolute Gasteiger partial charge is 0.511 e. The first-order valence-corrected chi connectivity index (χ1v) is 5.59. The molecule has 1 saturated heterocycles. The standard InChI is InChI=1S/C11H20O5/c1-5-6-7-10(2,3)14-9(12)15-11(4)8-13-16-11/h5-8H2,1-4H3. The van der Waals surface area contributed by atoms with E-state index in [-0.39, 0.29) is 6.61 Å². The van der Waals surface area contributed by atoms with Gasteiger partial charge in [-0.2, -0.15) is 4.89 Å². The van der Waals surface area contributed by atoms with Gasteiger partial charge in [0.15, 0.2) is 6.61 Å². The fourth-order valence-electron chi connectivity index (χ4n) is 1.35. The fraction of sp³-hybridized carbons (Fsp3) is 0.909. The molecule has 0 aliphatic carbocycles. The highest BCUT2D eigenvalue weighted by Crippen LogP contribution is 2.25. The van der Waals surface area contributed by atoms with Crippen LogP contribution in [0.5, 0.6) is 0 Å². The van der Waals surface area contributed by atoms with Crippen LogP contribution in [0.25, 0.3) is 0 Å². The lowest BCUT2D eigenvalue weighted by molar-refractivity contribution is -0.522. The summed E-state index contributed by atoms with van der Waals surface area (Å²) >= 11 is 0. The molecule has 0 aromatic heterocycles. The van der Waals surface area contributed by atoms with E-state index in [4.69, 9.17) is 9.47 Å². The molecular formula is C11H20O5. The average Bonchev–Trinajstić information content (AvgIpc) is 2.11. The summed E-state index contributed by atoms with van der Waals surface area (Å²) in [4.78, 5) is 20.6. The van der Waals surface area contributed by atoms with Gasteiger partial charge in [-0.05, 0) is 26.7 Å². The summed E-state index contributed by atoms with van der Waals surface area (Å²) in [7, 11) is 0. The molecule has 5 heteroatoms. The molecule has 0 aromatic carbocycles. The van der Waals surface area contributed by atoms with Crippen molar-refractivity contribution in [2.45, 2.75) is 58.3 Å². The van der Waals surface area contributed by atoms with Gasteiger partial charge in [-0.1, -0.05) is 13.3 Å². The molecule has 1 heterocycles. The SMILES string of the molecule is CCCCC(C)(C)OC(=O)OC1(C)COO1. The van der Waals surface area contributed by atoms with E-state index < -0.39 is 17.5 Å². The molecule has 0 spiro atoms. The van der Waals surface area contributed by atoms with E-state index >= 15 is 0 Å². The Hall–Kier alpha value is -0.810. The summed E-state index contributed by atoms with van der Waals surface area (Å²) in [5.74, 6) is -0.988. The molecule has 1 unspecified atom stereocenters. The van der Waals surface area contributed by atoms with Gasteiger partial charge in [0.25, 0.3) is 5.79 Å². The van der Waals surface area contributed by atoms with Gasteiger partial charge in [-0.3, -0.25) is 0 Å². The summed E-state index contributed by atoms with van der Waals surface area (Å²) in [6.07, 6.45) is 2.17. The van der Waals surface area contributed by atoms with Crippen molar-refractivity contribution in [1.29, 1.82) is 0 Å². The number of hydrogen-bond donors (Lipinski definition) is 0. The molecule has 1 atom stereocenters. The lowest BCUT2D eigenvalue weighted by Gasteiger charge is -2.35. The summed E-state index contributed by atoms with van der Waals surface area (Å²) in [6.45, 7) is 7.68. The second kappa shape index (κ2) is 5.01. The molecule has 0 N–H and O–H groups in total. The van der Waals surface area contributed by atoms with Crippen molar-refractivity contribution in [3.8, 4) is 0 Å². The van der Waals surface area contributed by atoms with Gasteiger partial charge < -0.3 is 9.47 Å². The van der Waals surface area contributed by atoms with E-state index in [1.165, 1.54) is 0 Å². The Morgan fingerprint density at radius 2 is 2.12 bits per heavy atom. The zero-order valence-corrected chi connectivity index (χ0v) is 10.4. The van der Waals surface area contributed by atoms with E-state index in [1.54, 1.807) is 6.92 Å². The van der Waals surface area contributed by atoms with Crippen LogP contribution in [0.2, 0.25) is 0 Å². The Bertz CT molecular complexity index is 245. The molecule has 94 valence electrons. The van der Waals surface area contributed by atoms with E-state index in [2.05, 4.69) is 16.7 Å².